The van der Waals surface area contributed by atoms with Gasteiger partial charge in [-0.05, 0) is 25.2 Å². The van der Waals surface area contributed by atoms with Gasteiger partial charge in [0.1, 0.15) is 11.9 Å². The van der Waals surface area contributed by atoms with Crippen LogP contribution in [0.3, 0.4) is 0 Å². The number of aryl methyl sites for hydroxylation is 1. The number of piperidine rings is 1. The topological polar surface area (TPSA) is 67.2 Å². The Bertz CT molecular complexity index is 574. The average molecular weight is 348 g/mol. The number of aromatic nitrogens is 2. The quantitative estimate of drug-likeness (QED) is 0.823. The molecule has 2 heterocycles. The first-order chi connectivity index (χ1) is 11.9. The maximum Gasteiger partial charge on any atom is 0.245 e. The highest BCUT2D eigenvalue weighted by molar-refractivity contribution is 5.87. The third kappa shape index (κ3) is 5.06. The first kappa shape index (κ1) is 19.5. The maximum absolute atomic E-state index is 12.8. The van der Waals surface area contributed by atoms with Crippen LogP contribution in [-0.2, 0) is 16.1 Å². The average Bonchev–Trinajstić information content (AvgIpc) is 3.05. The van der Waals surface area contributed by atoms with Crippen molar-refractivity contribution in [3.05, 3.63) is 18.2 Å². The van der Waals surface area contributed by atoms with Crippen LogP contribution in [0.25, 0.3) is 0 Å². The molecular weight excluding hydrogens is 316 g/mol. The van der Waals surface area contributed by atoms with Gasteiger partial charge >= 0.3 is 0 Å². The molecule has 1 aliphatic rings. The highest BCUT2D eigenvalue weighted by Gasteiger charge is 2.31. The minimum absolute atomic E-state index is 0.0398. The fourth-order valence-corrected chi connectivity index (χ4v) is 3.49. The summed E-state index contributed by atoms with van der Waals surface area (Å²) in [6, 6.07) is -0.430. The van der Waals surface area contributed by atoms with Crippen LogP contribution in [0.4, 0.5) is 0 Å². The van der Waals surface area contributed by atoms with Crippen molar-refractivity contribution >= 4 is 11.8 Å². The van der Waals surface area contributed by atoms with Gasteiger partial charge in [0.15, 0.2) is 0 Å². The Morgan fingerprint density at radius 2 is 2.00 bits per heavy atom. The number of unbranched alkanes of at least 4 members (excludes halogenated alkanes) is 1. The number of amides is 2. The molecule has 0 bridgehead atoms. The molecular formula is C19H32N4O2. The van der Waals surface area contributed by atoms with Gasteiger partial charge in [0.05, 0.1) is 0 Å². The van der Waals surface area contributed by atoms with Gasteiger partial charge in [-0.1, -0.05) is 27.2 Å². The first-order valence-corrected chi connectivity index (χ1v) is 9.51. The molecule has 2 amide bonds. The smallest absolute Gasteiger partial charge is 0.245 e. The van der Waals surface area contributed by atoms with E-state index in [9.17, 15) is 9.59 Å². The third-order valence-electron chi connectivity index (χ3n) is 4.96. The molecule has 0 radical (unpaired) electrons. The van der Waals surface area contributed by atoms with Crippen LogP contribution in [0.2, 0.25) is 0 Å². The molecule has 0 spiro atoms. The number of carbonyl (C=O) groups excluding carboxylic acids is 2. The number of hydrogen-bond donors (Lipinski definition) is 1. The van der Waals surface area contributed by atoms with Gasteiger partial charge in [0.25, 0.3) is 0 Å². The Labute approximate surface area is 151 Å². The van der Waals surface area contributed by atoms with Gasteiger partial charge in [-0.3, -0.25) is 9.59 Å². The molecule has 1 saturated heterocycles. The van der Waals surface area contributed by atoms with Crippen molar-refractivity contribution in [2.45, 2.75) is 71.9 Å². The van der Waals surface area contributed by atoms with E-state index in [0.29, 0.717) is 5.92 Å². The van der Waals surface area contributed by atoms with Gasteiger partial charge in [-0.25, -0.2) is 4.98 Å². The monoisotopic (exact) mass is 348 g/mol. The van der Waals surface area contributed by atoms with E-state index in [2.05, 4.69) is 28.0 Å². The molecule has 1 aromatic heterocycles. The van der Waals surface area contributed by atoms with E-state index in [1.807, 2.05) is 24.9 Å². The Morgan fingerprint density at radius 1 is 1.32 bits per heavy atom. The zero-order chi connectivity index (χ0) is 18.4. The summed E-state index contributed by atoms with van der Waals surface area (Å²) in [6.45, 7) is 10.1. The van der Waals surface area contributed by atoms with Crippen molar-refractivity contribution in [3.8, 4) is 0 Å². The van der Waals surface area contributed by atoms with Gasteiger partial charge in [0.2, 0.25) is 11.8 Å². The summed E-state index contributed by atoms with van der Waals surface area (Å²) in [5, 5.41) is 2.80. The molecule has 1 N–H and O–H groups in total. The van der Waals surface area contributed by atoms with Crippen LogP contribution < -0.4 is 5.32 Å². The van der Waals surface area contributed by atoms with E-state index in [1.165, 1.54) is 13.3 Å². The van der Waals surface area contributed by atoms with E-state index in [4.69, 9.17) is 0 Å². The molecule has 1 fully saturated rings. The summed E-state index contributed by atoms with van der Waals surface area (Å²) in [4.78, 5) is 30.6. The minimum Gasteiger partial charge on any atom is -0.344 e. The lowest BCUT2D eigenvalue weighted by Crippen LogP contribution is -2.52. The number of nitrogens with one attached hydrogen (secondary N) is 1. The lowest BCUT2D eigenvalue weighted by atomic mass is 9.94. The lowest BCUT2D eigenvalue weighted by molar-refractivity contribution is -0.138. The van der Waals surface area contributed by atoms with Crippen LogP contribution in [-0.4, -0.2) is 45.4 Å². The largest absolute Gasteiger partial charge is 0.344 e. The zero-order valence-corrected chi connectivity index (χ0v) is 16.0. The summed E-state index contributed by atoms with van der Waals surface area (Å²) in [7, 11) is 0. The normalized spacial score (nSPS) is 16.9. The summed E-state index contributed by atoms with van der Waals surface area (Å²) in [5.74, 6) is 1.54. The predicted molar refractivity (Wildman–Crippen MR) is 98.1 cm³/mol. The van der Waals surface area contributed by atoms with Crippen molar-refractivity contribution in [1.29, 1.82) is 0 Å². The second kappa shape index (κ2) is 9.02. The summed E-state index contributed by atoms with van der Waals surface area (Å²) < 4.78 is 2.26. The van der Waals surface area contributed by atoms with E-state index >= 15 is 0 Å². The second-order valence-corrected chi connectivity index (χ2v) is 7.35. The van der Waals surface area contributed by atoms with Gasteiger partial charge in [-0.15, -0.1) is 0 Å². The van der Waals surface area contributed by atoms with E-state index < -0.39 is 6.04 Å². The fourth-order valence-electron chi connectivity index (χ4n) is 3.49. The van der Waals surface area contributed by atoms with E-state index in [0.717, 1.165) is 44.7 Å². The maximum atomic E-state index is 12.8. The Morgan fingerprint density at radius 3 is 2.56 bits per heavy atom. The zero-order valence-electron chi connectivity index (χ0n) is 16.0. The summed E-state index contributed by atoms with van der Waals surface area (Å²) in [5.41, 5.74) is 0. The molecule has 25 heavy (non-hydrogen) atoms. The molecule has 0 aromatic carbocycles. The Balaban J connectivity index is 1.95. The standard InChI is InChI=1S/C19H32N4O2/c1-5-6-10-22-13-9-20-18(22)16-7-11-23(12-8-16)19(25)17(14(2)3)21-15(4)24/h9,13-14,16-17H,5-8,10-12H2,1-4H3,(H,21,24). The molecule has 0 saturated carbocycles. The van der Waals surface area contributed by atoms with E-state index in [1.54, 1.807) is 0 Å². The van der Waals surface area contributed by atoms with Gasteiger partial charge in [0, 0.05) is 44.9 Å². The van der Waals surface area contributed by atoms with Crippen molar-refractivity contribution in [3.63, 3.8) is 0 Å². The summed E-state index contributed by atoms with van der Waals surface area (Å²) >= 11 is 0. The number of nitrogens with zero attached hydrogens (tertiary/aromatic N) is 3. The predicted octanol–water partition coefficient (Wildman–Crippen LogP) is 2.55. The summed E-state index contributed by atoms with van der Waals surface area (Å²) in [6.07, 6.45) is 8.14. The lowest BCUT2D eigenvalue weighted by Gasteiger charge is -2.35. The Kier molecular flexibility index (Phi) is 7.02. The fraction of sp³-hybridized carbons (Fsp3) is 0.737. The molecule has 140 valence electrons. The first-order valence-electron chi connectivity index (χ1n) is 9.51. The van der Waals surface area contributed by atoms with Crippen molar-refractivity contribution in [1.82, 2.24) is 19.8 Å². The molecule has 1 unspecified atom stereocenters. The molecule has 2 rings (SSSR count). The molecule has 6 heteroatoms. The molecule has 1 atom stereocenters. The number of imidazole rings is 1. The van der Waals surface area contributed by atoms with Crippen LogP contribution >= 0.6 is 0 Å². The SMILES string of the molecule is CCCCn1ccnc1C1CCN(C(=O)C(NC(C)=O)C(C)C)CC1. The third-order valence-corrected chi connectivity index (χ3v) is 4.96. The van der Waals surface area contributed by atoms with Crippen LogP contribution in [0, 0.1) is 5.92 Å². The number of hydrogen-bond acceptors (Lipinski definition) is 3. The number of likely N-dealkylation sites (tertiary alicyclic amines) is 1. The van der Waals surface area contributed by atoms with Crippen molar-refractivity contribution in [2.24, 2.45) is 5.92 Å². The second-order valence-electron chi connectivity index (χ2n) is 7.35. The van der Waals surface area contributed by atoms with Gasteiger partial charge < -0.3 is 14.8 Å². The minimum atomic E-state index is -0.430. The number of carbonyl (C=O) groups is 2. The molecule has 1 aliphatic heterocycles. The van der Waals surface area contributed by atoms with Gasteiger partial charge in [-0.2, -0.15) is 0 Å². The number of rotatable bonds is 7. The van der Waals surface area contributed by atoms with Crippen LogP contribution in [0.15, 0.2) is 12.4 Å². The van der Waals surface area contributed by atoms with E-state index in [-0.39, 0.29) is 17.7 Å². The Hall–Kier alpha value is -1.85. The molecule has 6 nitrogen and oxygen atoms in total. The van der Waals surface area contributed by atoms with Crippen LogP contribution in [0.1, 0.15) is 65.1 Å². The molecule has 0 aliphatic carbocycles. The van der Waals surface area contributed by atoms with Crippen molar-refractivity contribution in [2.75, 3.05) is 13.1 Å². The van der Waals surface area contributed by atoms with Crippen molar-refractivity contribution < 1.29 is 9.59 Å². The van der Waals surface area contributed by atoms with Crippen LogP contribution in [0.5, 0.6) is 0 Å². The highest BCUT2D eigenvalue weighted by Crippen LogP contribution is 2.27. The molecule has 1 aromatic rings. The highest BCUT2D eigenvalue weighted by atomic mass is 16.2.